The Labute approximate surface area is 150 Å². The molecule has 134 valence electrons. The predicted octanol–water partition coefficient (Wildman–Crippen LogP) is 2.35. The van der Waals surface area contributed by atoms with Gasteiger partial charge in [-0.15, -0.1) is 10.2 Å². The van der Waals surface area contributed by atoms with Crippen LogP contribution < -0.4 is 10.9 Å². The highest BCUT2D eigenvalue weighted by molar-refractivity contribution is 5.94. The van der Waals surface area contributed by atoms with Crippen LogP contribution >= 0.6 is 0 Å². The monoisotopic (exact) mass is 353 g/mol. The summed E-state index contributed by atoms with van der Waals surface area (Å²) >= 11 is 0. The fourth-order valence-electron chi connectivity index (χ4n) is 2.63. The van der Waals surface area contributed by atoms with E-state index in [-0.39, 0.29) is 18.0 Å². The van der Waals surface area contributed by atoms with Crippen molar-refractivity contribution in [2.75, 3.05) is 0 Å². The topological polar surface area (TPSA) is 98.2 Å². The second kappa shape index (κ2) is 7.77. The first-order valence-corrected chi connectivity index (χ1v) is 8.27. The van der Waals surface area contributed by atoms with Crippen LogP contribution in [0.15, 0.2) is 50.0 Å². The molecule has 7 heteroatoms. The summed E-state index contributed by atoms with van der Waals surface area (Å²) in [6.07, 6.45) is 1.34. The van der Waals surface area contributed by atoms with E-state index < -0.39 is 11.5 Å². The van der Waals surface area contributed by atoms with Gasteiger partial charge in [0, 0.05) is 13.3 Å². The van der Waals surface area contributed by atoms with Crippen LogP contribution in [0, 0.1) is 13.8 Å². The van der Waals surface area contributed by atoms with Crippen LogP contribution in [0.2, 0.25) is 0 Å². The van der Waals surface area contributed by atoms with Crippen LogP contribution in [-0.2, 0) is 19.4 Å². The zero-order chi connectivity index (χ0) is 18.5. The quantitative estimate of drug-likeness (QED) is 0.730. The average molecular weight is 353 g/mol. The Bertz CT molecular complexity index is 960. The van der Waals surface area contributed by atoms with Gasteiger partial charge in [0.1, 0.15) is 11.3 Å². The SMILES string of the molecule is Cc1nnc(CNC(=O)c2c(C)cc(CCc3ccccc3)oc2=O)o1. The third-order valence-corrected chi connectivity index (χ3v) is 3.90. The van der Waals surface area contributed by atoms with Gasteiger partial charge in [0.2, 0.25) is 11.8 Å². The molecule has 1 aromatic carbocycles. The minimum Gasteiger partial charge on any atom is -0.427 e. The molecule has 0 aliphatic carbocycles. The average Bonchev–Trinajstić information content (AvgIpc) is 3.04. The Morgan fingerprint density at radius 1 is 1.08 bits per heavy atom. The summed E-state index contributed by atoms with van der Waals surface area (Å²) in [4.78, 5) is 24.5. The molecular weight excluding hydrogens is 334 g/mol. The lowest BCUT2D eigenvalue weighted by Crippen LogP contribution is -2.29. The molecule has 7 nitrogen and oxygen atoms in total. The van der Waals surface area contributed by atoms with Gasteiger partial charge in [-0.1, -0.05) is 30.3 Å². The molecule has 0 aliphatic rings. The molecule has 0 fully saturated rings. The zero-order valence-electron chi connectivity index (χ0n) is 14.6. The van der Waals surface area contributed by atoms with E-state index in [2.05, 4.69) is 15.5 Å². The van der Waals surface area contributed by atoms with Crippen molar-refractivity contribution in [2.24, 2.45) is 0 Å². The molecule has 2 aromatic heterocycles. The third kappa shape index (κ3) is 4.24. The second-order valence-corrected chi connectivity index (χ2v) is 5.94. The van der Waals surface area contributed by atoms with Crippen LogP contribution in [0.25, 0.3) is 0 Å². The zero-order valence-corrected chi connectivity index (χ0v) is 14.6. The molecule has 3 aromatic rings. The van der Waals surface area contributed by atoms with Gasteiger partial charge in [-0.3, -0.25) is 4.79 Å². The van der Waals surface area contributed by atoms with Crippen LogP contribution in [0.1, 0.15) is 39.0 Å². The van der Waals surface area contributed by atoms with Crippen LogP contribution in [0.3, 0.4) is 0 Å². The van der Waals surface area contributed by atoms with E-state index in [1.54, 1.807) is 19.9 Å². The Hall–Kier alpha value is -3.22. The number of carbonyl (C=O) groups excluding carboxylic acids is 1. The van der Waals surface area contributed by atoms with Gasteiger partial charge in [-0.25, -0.2) is 4.79 Å². The van der Waals surface area contributed by atoms with Crippen molar-refractivity contribution in [3.63, 3.8) is 0 Å². The number of benzene rings is 1. The molecule has 0 unspecified atom stereocenters. The first kappa shape index (κ1) is 17.6. The predicted molar refractivity (Wildman–Crippen MR) is 93.8 cm³/mol. The molecule has 2 heterocycles. The Kier molecular flexibility index (Phi) is 5.26. The van der Waals surface area contributed by atoms with E-state index in [0.717, 1.165) is 12.0 Å². The van der Waals surface area contributed by atoms with Gasteiger partial charge in [-0.2, -0.15) is 0 Å². The molecule has 0 aliphatic heterocycles. The fraction of sp³-hybridized carbons (Fsp3) is 0.263. The molecule has 3 rings (SSSR count). The van der Waals surface area contributed by atoms with Crippen LogP contribution in [0.4, 0.5) is 0 Å². The minimum atomic E-state index is -0.646. The van der Waals surface area contributed by atoms with Gasteiger partial charge >= 0.3 is 5.63 Å². The van der Waals surface area contributed by atoms with Crippen molar-refractivity contribution in [3.05, 3.63) is 81.1 Å². The van der Waals surface area contributed by atoms with Gasteiger partial charge < -0.3 is 14.2 Å². The normalized spacial score (nSPS) is 10.7. The maximum Gasteiger partial charge on any atom is 0.349 e. The van der Waals surface area contributed by atoms with Gasteiger partial charge in [0.05, 0.1) is 6.54 Å². The smallest absolute Gasteiger partial charge is 0.349 e. The van der Waals surface area contributed by atoms with Crippen molar-refractivity contribution < 1.29 is 13.6 Å². The third-order valence-electron chi connectivity index (χ3n) is 3.90. The summed E-state index contributed by atoms with van der Waals surface area (Å²) in [7, 11) is 0. The number of carbonyl (C=O) groups is 1. The largest absolute Gasteiger partial charge is 0.427 e. The van der Waals surface area contributed by atoms with Crippen molar-refractivity contribution in [2.45, 2.75) is 33.2 Å². The van der Waals surface area contributed by atoms with E-state index in [0.29, 0.717) is 23.6 Å². The summed E-state index contributed by atoms with van der Waals surface area (Å²) in [5.74, 6) is 0.715. The number of hydrogen-bond donors (Lipinski definition) is 1. The molecular formula is C19H19N3O4. The first-order valence-electron chi connectivity index (χ1n) is 8.27. The van der Waals surface area contributed by atoms with Crippen molar-refractivity contribution >= 4 is 5.91 Å². The molecule has 26 heavy (non-hydrogen) atoms. The van der Waals surface area contributed by atoms with Crippen LogP contribution in [-0.4, -0.2) is 16.1 Å². The maximum atomic E-state index is 12.3. The van der Waals surface area contributed by atoms with Crippen molar-refractivity contribution in [1.29, 1.82) is 0 Å². The molecule has 0 bridgehead atoms. The molecule has 0 saturated carbocycles. The molecule has 0 saturated heterocycles. The number of hydrogen-bond acceptors (Lipinski definition) is 6. The van der Waals surface area contributed by atoms with E-state index in [1.807, 2.05) is 30.3 Å². The number of amides is 1. The lowest BCUT2D eigenvalue weighted by molar-refractivity contribution is 0.0942. The number of aromatic nitrogens is 2. The molecule has 1 amide bonds. The van der Waals surface area contributed by atoms with E-state index >= 15 is 0 Å². The molecule has 0 spiro atoms. The lowest BCUT2D eigenvalue weighted by Gasteiger charge is -2.07. The Balaban J connectivity index is 1.68. The molecule has 1 N–H and O–H groups in total. The summed E-state index contributed by atoms with van der Waals surface area (Å²) in [5.41, 5.74) is 1.07. The number of rotatable bonds is 6. The second-order valence-electron chi connectivity index (χ2n) is 5.94. The minimum absolute atomic E-state index is 0.00954. The van der Waals surface area contributed by atoms with Gasteiger partial charge in [0.15, 0.2) is 0 Å². The Morgan fingerprint density at radius 2 is 1.85 bits per heavy atom. The first-order chi connectivity index (χ1) is 12.5. The van der Waals surface area contributed by atoms with Gasteiger partial charge in [0.25, 0.3) is 5.91 Å². The van der Waals surface area contributed by atoms with Gasteiger partial charge in [-0.05, 0) is 30.5 Å². The van der Waals surface area contributed by atoms with Crippen molar-refractivity contribution in [1.82, 2.24) is 15.5 Å². The summed E-state index contributed by atoms with van der Waals surface area (Å²) < 4.78 is 10.5. The maximum absolute atomic E-state index is 12.3. The highest BCUT2D eigenvalue weighted by Gasteiger charge is 2.17. The standard InChI is InChI=1S/C19H19N3O4/c1-12-10-15(9-8-14-6-4-3-5-7-14)26-19(24)17(12)18(23)20-11-16-22-21-13(2)25-16/h3-7,10H,8-9,11H2,1-2H3,(H,20,23). The highest BCUT2D eigenvalue weighted by Crippen LogP contribution is 2.11. The fourth-order valence-corrected chi connectivity index (χ4v) is 2.63. The number of nitrogens with zero attached hydrogens (tertiary/aromatic N) is 2. The van der Waals surface area contributed by atoms with Crippen molar-refractivity contribution in [3.8, 4) is 0 Å². The summed E-state index contributed by atoms with van der Waals surface area (Å²) in [5, 5.41) is 10.1. The van der Waals surface area contributed by atoms with Crippen LogP contribution in [0.5, 0.6) is 0 Å². The highest BCUT2D eigenvalue weighted by atomic mass is 16.4. The number of nitrogens with one attached hydrogen (secondary N) is 1. The summed E-state index contributed by atoms with van der Waals surface area (Å²) in [6.45, 7) is 3.42. The molecule has 0 atom stereocenters. The van der Waals surface area contributed by atoms with E-state index in [9.17, 15) is 9.59 Å². The summed E-state index contributed by atoms with van der Waals surface area (Å²) in [6, 6.07) is 11.7. The van der Waals surface area contributed by atoms with E-state index in [1.165, 1.54) is 0 Å². The van der Waals surface area contributed by atoms with E-state index in [4.69, 9.17) is 8.83 Å². The molecule has 0 radical (unpaired) electrons. The lowest BCUT2D eigenvalue weighted by atomic mass is 10.1. The number of aryl methyl sites for hydroxylation is 4. The Morgan fingerprint density at radius 3 is 2.50 bits per heavy atom.